The molecule has 1 aromatic carbocycles. The smallest absolute Gasteiger partial charge is 0.251 e. The molecule has 0 bridgehead atoms. The second-order valence-corrected chi connectivity index (χ2v) is 5.64. The molecule has 0 spiro atoms. The molecule has 0 fully saturated rings. The van der Waals surface area contributed by atoms with E-state index in [9.17, 15) is 4.79 Å². The van der Waals surface area contributed by atoms with Gasteiger partial charge in [0.1, 0.15) is 5.75 Å². The monoisotopic (exact) mass is 324 g/mol. The highest BCUT2D eigenvalue weighted by Crippen LogP contribution is 2.12. The number of fused-ring (bicyclic) bond motifs is 1. The summed E-state index contributed by atoms with van der Waals surface area (Å²) in [5.74, 6) is 0.585. The molecular formula is C18H20N4O2. The van der Waals surface area contributed by atoms with Crippen LogP contribution >= 0.6 is 0 Å². The maximum atomic E-state index is 12.1. The summed E-state index contributed by atoms with van der Waals surface area (Å²) in [7, 11) is 1.59. The quantitative estimate of drug-likeness (QED) is 0.707. The molecule has 1 amide bonds. The van der Waals surface area contributed by atoms with Crippen LogP contribution in [0.25, 0.3) is 5.65 Å². The van der Waals surface area contributed by atoms with Gasteiger partial charge in [-0.2, -0.15) is 5.10 Å². The maximum Gasteiger partial charge on any atom is 0.251 e. The normalized spacial score (nSPS) is 10.8. The fourth-order valence-electron chi connectivity index (χ4n) is 2.52. The van der Waals surface area contributed by atoms with E-state index >= 15 is 0 Å². The van der Waals surface area contributed by atoms with Gasteiger partial charge in [0.05, 0.1) is 12.8 Å². The first kappa shape index (κ1) is 16.0. The van der Waals surface area contributed by atoms with Gasteiger partial charge in [-0.1, -0.05) is 6.07 Å². The van der Waals surface area contributed by atoms with Crippen molar-refractivity contribution in [1.82, 2.24) is 19.9 Å². The molecule has 2 heterocycles. The Balaban J connectivity index is 1.51. The molecule has 24 heavy (non-hydrogen) atoms. The predicted octanol–water partition coefficient (Wildman–Crippen LogP) is 2.41. The summed E-state index contributed by atoms with van der Waals surface area (Å²) >= 11 is 0. The molecule has 2 aromatic heterocycles. The minimum atomic E-state index is -0.0924. The third-order valence-corrected chi connectivity index (χ3v) is 3.75. The van der Waals surface area contributed by atoms with Crippen molar-refractivity contribution in [1.29, 1.82) is 0 Å². The van der Waals surface area contributed by atoms with Crippen LogP contribution < -0.4 is 10.1 Å². The SMILES string of the molecule is COc1cccc(C(=O)NCCCc2cnc3cc(C)nn3c2)c1. The number of nitrogens with one attached hydrogen (secondary N) is 1. The van der Waals surface area contributed by atoms with Crippen molar-refractivity contribution in [2.24, 2.45) is 0 Å². The van der Waals surface area contributed by atoms with Crippen LogP contribution in [0, 0.1) is 6.92 Å². The lowest BCUT2D eigenvalue weighted by Gasteiger charge is -2.07. The van der Waals surface area contributed by atoms with Crippen molar-refractivity contribution in [3.63, 3.8) is 0 Å². The number of carbonyl (C=O) groups excluding carboxylic acids is 1. The van der Waals surface area contributed by atoms with E-state index in [0.717, 1.165) is 29.7 Å². The Morgan fingerprint density at radius 3 is 3.04 bits per heavy atom. The molecule has 0 atom stereocenters. The van der Waals surface area contributed by atoms with Crippen LogP contribution in [-0.4, -0.2) is 34.2 Å². The summed E-state index contributed by atoms with van der Waals surface area (Å²) in [6.45, 7) is 2.55. The minimum absolute atomic E-state index is 0.0924. The molecule has 0 radical (unpaired) electrons. The van der Waals surface area contributed by atoms with E-state index in [2.05, 4.69) is 15.4 Å². The first-order chi connectivity index (χ1) is 11.7. The van der Waals surface area contributed by atoms with Crippen LogP contribution in [0.1, 0.15) is 28.0 Å². The molecule has 0 aliphatic carbocycles. The first-order valence-corrected chi connectivity index (χ1v) is 7.89. The summed E-state index contributed by atoms with van der Waals surface area (Å²) in [5, 5.41) is 7.28. The summed E-state index contributed by atoms with van der Waals surface area (Å²) in [4.78, 5) is 16.5. The van der Waals surface area contributed by atoms with Crippen molar-refractivity contribution in [3.8, 4) is 5.75 Å². The highest BCUT2D eigenvalue weighted by Gasteiger charge is 2.06. The van der Waals surface area contributed by atoms with Crippen LogP contribution in [0.2, 0.25) is 0 Å². The van der Waals surface area contributed by atoms with Gasteiger partial charge in [-0.25, -0.2) is 9.50 Å². The Morgan fingerprint density at radius 1 is 1.33 bits per heavy atom. The highest BCUT2D eigenvalue weighted by molar-refractivity contribution is 5.94. The van der Waals surface area contributed by atoms with Gasteiger partial charge in [0, 0.05) is 30.6 Å². The number of aryl methyl sites for hydroxylation is 2. The summed E-state index contributed by atoms with van der Waals surface area (Å²) < 4.78 is 6.92. The number of amides is 1. The number of aromatic nitrogens is 3. The number of benzene rings is 1. The Labute approximate surface area is 140 Å². The number of hydrogen-bond donors (Lipinski definition) is 1. The zero-order valence-electron chi connectivity index (χ0n) is 13.8. The van der Waals surface area contributed by atoms with Crippen molar-refractivity contribution in [2.45, 2.75) is 19.8 Å². The molecule has 3 rings (SSSR count). The van der Waals surface area contributed by atoms with Gasteiger partial charge in [-0.15, -0.1) is 0 Å². The van der Waals surface area contributed by atoms with E-state index in [0.29, 0.717) is 17.9 Å². The Hall–Kier alpha value is -2.89. The van der Waals surface area contributed by atoms with Gasteiger partial charge in [-0.3, -0.25) is 4.79 Å². The first-order valence-electron chi connectivity index (χ1n) is 7.89. The molecule has 0 aliphatic heterocycles. The molecule has 3 aromatic rings. The Morgan fingerprint density at radius 2 is 2.21 bits per heavy atom. The largest absolute Gasteiger partial charge is 0.497 e. The molecular weight excluding hydrogens is 304 g/mol. The third kappa shape index (κ3) is 3.71. The molecule has 6 heteroatoms. The molecule has 0 aliphatic rings. The zero-order chi connectivity index (χ0) is 16.9. The van der Waals surface area contributed by atoms with Gasteiger partial charge in [0.15, 0.2) is 5.65 Å². The lowest BCUT2D eigenvalue weighted by molar-refractivity contribution is 0.0953. The molecule has 6 nitrogen and oxygen atoms in total. The van der Waals surface area contributed by atoms with E-state index in [1.165, 1.54) is 0 Å². The van der Waals surface area contributed by atoms with Crippen molar-refractivity contribution in [2.75, 3.05) is 13.7 Å². The van der Waals surface area contributed by atoms with E-state index in [4.69, 9.17) is 4.74 Å². The summed E-state index contributed by atoms with van der Waals surface area (Å²) in [6.07, 6.45) is 5.52. The van der Waals surface area contributed by atoms with Crippen LogP contribution in [0.3, 0.4) is 0 Å². The lowest BCUT2D eigenvalue weighted by Crippen LogP contribution is -2.24. The van der Waals surface area contributed by atoms with Gasteiger partial charge in [0.2, 0.25) is 0 Å². The van der Waals surface area contributed by atoms with E-state index < -0.39 is 0 Å². The maximum absolute atomic E-state index is 12.1. The number of hydrogen-bond acceptors (Lipinski definition) is 4. The molecule has 0 saturated carbocycles. The number of carbonyl (C=O) groups is 1. The van der Waals surface area contributed by atoms with Crippen molar-refractivity contribution >= 4 is 11.6 Å². The summed E-state index contributed by atoms with van der Waals surface area (Å²) in [5.41, 5.74) is 3.50. The molecule has 0 saturated heterocycles. The third-order valence-electron chi connectivity index (χ3n) is 3.75. The van der Waals surface area contributed by atoms with Gasteiger partial charge in [0.25, 0.3) is 5.91 Å². The standard InChI is InChI=1S/C18H20N4O2/c1-13-9-17-20-11-14(12-22(17)21-13)5-4-8-19-18(23)15-6-3-7-16(10-15)24-2/h3,6-7,9-12H,4-5,8H2,1-2H3,(H,19,23). The van der Waals surface area contributed by atoms with E-state index in [1.807, 2.05) is 31.5 Å². The lowest BCUT2D eigenvalue weighted by atomic mass is 10.1. The highest BCUT2D eigenvalue weighted by atomic mass is 16.5. The fraction of sp³-hybridized carbons (Fsp3) is 0.278. The predicted molar refractivity (Wildman–Crippen MR) is 91.4 cm³/mol. The van der Waals surface area contributed by atoms with Gasteiger partial charge >= 0.3 is 0 Å². The Bertz CT molecular complexity index is 857. The average molecular weight is 324 g/mol. The van der Waals surface area contributed by atoms with E-state index in [-0.39, 0.29) is 5.91 Å². The van der Waals surface area contributed by atoms with Crippen LogP contribution in [0.5, 0.6) is 5.75 Å². The number of methoxy groups -OCH3 is 1. The van der Waals surface area contributed by atoms with Crippen LogP contribution in [-0.2, 0) is 6.42 Å². The number of rotatable bonds is 6. The second-order valence-electron chi connectivity index (χ2n) is 5.64. The molecule has 1 N–H and O–H groups in total. The average Bonchev–Trinajstić information content (AvgIpc) is 2.97. The Kier molecular flexibility index (Phi) is 4.74. The number of ether oxygens (including phenoxy) is 1. The van der Waals surface area contributed by atoms with E-state index in [1.54, 1.807) is 29.8 Å². The topological polar surface area (TPSA) is 68.5 Å². The van der Waals surface area contributed by atoms with Gasteiger partial charge < -0.3 is 10.1 Å². The minimum Gasteiger partial charge on any atom is -0.497 e. The molecule has 0 unspecified atom stereocenters. The van der Waals surface area contributed by atoms with Crippen LogP contribution in [0.15, 0.2) is 42.7 Å². The second kappa shape index (κ2) is 7.12. The van der Waals surface area contributed by atoms with Gasteiger partial charge in [-0.05, 0) is 43.5 Å². The van der Waals surface area contributed by atoms with Crippen molar-refractivity contribution < 1.29 is 9.53 Å². The van der Waals surface area contributed by atoms with Crippen LogP contribution in [0.4, 0.5) is 0 Å². The molecule has 124 valence electrons. The van der Waals surface area contributed by atoms with Crippen molar-refractivity contribution in [3.05, 3.63) is 59.5 Å². The number of nitrogens with zero attached hydrogens (tertiary/aromatic N) is 3. The fourth-order valence-corrected chi connectivity index (χ4v) is 2.52. The zero-order valence-corrected chi connectivity index (χ0v) is 13.8. The summed E-state index contributed by atoms with van der Waals surface area (Å²) in [6, 6.07) is 9.07.